The van der Waals surface area contributed by atoms with Crippen molar-refractivity contribution in [3.8, 4) is 66.9 Å². The summed E-state index contributed by atoms with van der Waals surface area (Å²) in [5.41, 5.74) is 28.4. The summed E-state index contributed by atoms with van der Waals surface area (Å²) in [7, 11) is 0. The molecule has 1 aliphatic rings. The molecular formula is C122H111F2Ir4N11O4PtS-3. The summed E-state index contributed by atoms with van der Waals surface area (Å²) in [6.45, 7) is 26.9. The molecule has 0 amide bonds. The summed E-state index contributed by atoms with van der Waals surface area (Å²) in [4.78, 5) is 71.3. The molecule has 19 aromatic rings. The third kappa shape index (κ3) is 33.9. The van der Waals surface area contributed by atoms with E-state index in [1.54, 1.807) is 66.5 Å². The summed E-state index contributed by atoms with van der Waals surface area (Å²) in [5, 5.41) is 24.5. The predicted molar refractivity (Wildman–Crippen MR) is 563 cm³/mol. The third-order valence-electron chi connectivity index (χ3n) is 22.5. The molecule has 12 aromatic heterocycles. The SMILES string of the molecule is CC(=O)C=C(C)O.CCc1c2[n-]c(c1CC)C=c1[n-]c(c(CC)c1CC)=Cc1[n-]c(c(CC)c1CC)C=c1[n-]c(c(CC)c1CC)=C2.Cc1c[c-]c(-c2ccccn2)cc1.Cc1c[c-]c(-c2ccccn2)cc1.Cc1c[c-]c(-c2ccccn2)cc1.Fc1c[c-]c(-c2ccccn2)c(F)c1.O=C(O)c1ccccn1.[Ir+3].[Ir].[Ir].[Ir].[Pt+4].[c-]1c(-c2ccccn2)sc2ccccc12.[c-]1ccccc1-c1nccc2ccccc12. The Balaban J connectivity index is 0.000000232. The van der Waals surface area contributed by atoms with Gasteiger partial charge in [0.25, 0.3) is 0 Å². The molecule has 7 aromatic carbocycles. The van der Waals surface area contributed by atoms with Crippen LogP contribution < -0.4 is 41.3 Å². The Kier molecular flexibility index (Phi) is 50.6. The maximum atomic E-state index is 13.2. The van der Waals surface area contributed by atoms with Crippen LogP contribution in [0.2, 0.25) is 0 Å². The number of pyridine rings is 7. The van der Waals surface area contributed by atoms with E-state index in [0.717, 1.165) is 163 Å². The van der Waals surface area contributed by atoms with Gasteiger partial charge >= 0.3 is 47.1 Å². The second-order valence-corrected chi connectivity index (χ2v) is 33.4. The van der Waals surface area contributed by atoms with E-state index in [1.807, 2.05) is 170 Å². The minimum absolute atomic E-state index is 0. The molecule has 0 fully saturated rings. The maximum Gasteiger partial charge on any atom is 4.00 e. The summed E-state index contributed by atoms with van der Waals surface area (Å²) in [6, 6.07) is 98.8. The number of fused-ring (bicyclic) bond motifs is 10. The number of thiophene rings is 1. The van der Waals surface area contributed by atoms with Gasteiger partial charge in [-0.25, -0.2) is 21.1 Å². The molecule has 20 rings (SSSR count). The maximum absolute atomic E-state index is 13.2. The molecule has 0 saturated carbocycles. The number of hydrogen-bond acceptors (Lipinski definition) is 11. The number of carboxylic acids is 1. The number of aryl methyl sites for hydroxylation is 3. The fourth-order valence-electron chi connectivity index (χ4n) is 15.8. The largest absolute Gasteiger partial charge is 4.00 e. The molecule has 145 heavy (non-hydrogen) atoms. The van der Waals surface area contributed by atoms with Crippen molar-refractivity contribution in [2.24, 2.45) is 0 Å². The molecule has 1 aliphatic heterocycles. The van der Waals surface area contributed by atoms with Crippen LogP contribution >= 0.6 is 11.3 Å². The Morgan fingerprint density at radius 2 is 0.759 bits per heavy atom. The van der Waals surface area contributed by atoms with Crippen molar-refractivity contribution in [2.75, 3.05) is 0 Å². The van der Waals surface area contributed by atoms with Crippen LogP contribution in [0.1, 0.15) is 164 Å². The number of aromatic nitrogens is 11. The summed E-state index contributed by atoms with van der Waals surface area (Å²) >= 11 is 1.73. The minimum Gasteiger partial charge on any atom is -0.657 e. The number of ketones is 1. The number of aliphatic hydroxyl groups excluding tert-OH is 1. The van der Waals surface area contributed by atoms with E-state index in [4.69, 9.17) is 30.1 Å². The van der Waals surface area contributed by atoms with Gasteiger partial charge in [0.2, 0.25) is 0 Å². The predicted octanol–water partition coefficient (Wildman–Crippen LogP) is 24.3. The molecule has 23 heteroatoms. The van der Waals surface area contributed by atoms with Gasteiger partial charge in [-0.15, -0.1) is 222 Å². The number of allylic oxidation sites excluding steroid dienone is 2. The standard InChI is InChI=1S/C36H44N4.C15H10N.C13H8NS.3C12H10N.C11H6F2N.C6H5NO2.C5H8O2.4Ir.Pt/c1-9-21-22(10-2)30-18-32-25(13-5)26(14-6)34(39-32)20-36-28(16-8)27(15-7)35(40-36)19-33-24(12-4)23(11-3)31(38-33)17-29(21)37-30;1-2-7-13(8-3-1)15-14-9-5-4-6-12(14)10-11-16-15;1-2-7-12-10(5-1)9-13(15-12)11-6-3-4-8-14-11;3*1-10-5-7-11(8-6-10)12-4-2-3-9-13-12;12-8-4-5-9(10(13)7-8)11-3-1-2-6-14-11;8-6(9)5-3-1-2-4-7-5;1-4(6)3-5(2)7;;;;;/h17-20H,9-16H2,1-8H3;1-7,9-11H;1-8H;3*2-7,9H,1H3;1-4,6-7H;1-4H,(H,8,9);3,6H,1-2H3;;;;;/q-4;6*-1;;;;;;+3;+4. The van der Waals surface area contributed by atoms with Gasteiger partial charge in [0.1, 0.15) is 5.69 Å². The zero-order valence-corrected chi connectivity index (χ0v) is 95.4. The number of carboxylic acid groups (broad SMARTS) is 1. The van der Waals surface area contributed by atoms with E-state index in [0.29, 0.717) is 5.69 Å². The summed E-state index contributed by atoms with van der Waals surface area (Å²) < 4.78 is 27.1. The van der Waals surface area contributed by atoms with Gasteiger partial charge in [-0.1, -0.05) is 260 Å². The molecule has 3 radical (unpaired) electrons. The van der Waals surface area contributed by atoms with Crippen molar-refractivity contribution in [2.45, 2.75) is 141 Å². The van der Waals surface area contributed by atoms with Crippen LogP contribution in [0, 0.1) is 68.8 Å². The van der Waals surface area contributed by atoms with E-state index < -0.39 is 17.6 Å². The fourth-order valence-corrected chi connectivity index (χ4v) is 16.8. The number of hydrogen-bond donors (Lipinski definition) is 2. The van der Waals surface area contributed by atoms with Gasteiger partial charge < -0.3 is 60.1 Å². The van der Waals surface area contributed by atoms with Crippen molar-refractivity contribution in [3.63, 3.8) is 0 Å². The van der Waals surface area contributed by atoms with Gasteiger partial charge in [0.15, 0.2) is 5.78 Å². The van der Waals surface area contributed by atoms with E-state index in [9.17, 15) is 18.4 Å². The molecule has 0 spiro atoms. The van der Waals surface area contributed by atoms with Crippen molar-refractivity contribution in [3.05, 3.63) is 469 Å². The fraction of sp³-hybridized carbons (Fsp3) is 0.172. The summed E-state index contributed by atoms with van der Waals surface area (Å²) in [6.07, 6.45) is 29.8. The topological polar surface area (TPSA) is 221 Å². The van der Waals surface area contributed by atoms with Gasteiger partial charge in [0.05, 0.1) is 5.76 Å². The molecule has 0 unspecified atom stereocenters. The average Bonchev–Trinajstić information content (AvgIpc) is 1.60. The molecular weight excluding hydrogens is 2720 g/mol. The Labute approximate surface area is 921 Å². The van der Waals surface area contributed by atoms with E-state index in [2.05, 4.69) is 220 Å². The third-order valence-corrected chi connectivity index (χ3v) is 23.6. The van der Waals surface area contributed by atoms with Crippen LogP contribution in [-0.4, -0.2) is 56.9 Å². The monoisotopic (exact) mass is 2830 g/mol. The van der Waals surface area contributed by atoms with Gasteiger partial charge in [-0.2, -0.15) is 0 Å². The molecule has 2 N–H and O–H groups in total. The molecule has 0 saturated heterocycles. The summed E-state index contributed by atoms with van der Waals surface area (Å²) in [5.74, 6) is -2.34. The van der Waals surface area contributed by atoms with Crippen LogP contribution in [-0.2, 0) is 158 Å². The first-order chi connectivity index (χ1) is 68.1. The number of aromatic carboxylic acids is 1. The second-order valence-electron chi connectivity index (χ2n) is 32.3. The van der Waals surface area contributed by atoms with Crippen molar-refractivity contribution in [1.29, 1.82) is 0 Å². The van der Waals surface area contributed by atoms with E-state index in [-0.39, 0.29) is 124 Å². The van der Waals surface area contributed by atoms with Crippen LogP contribution in [0.3, 0.4) is 0 Å². The van der Waals surface area contributed by atoms with E-state index >= 15 is 0 Å². The number of carbonyl (C=O) groups excluding carboxylic acids is 1. The number of halogens is 2. The normalized spacial score (nSPS) is 10.5. The minimum atomic E-state index is -0.990. The Morgan fingerprint density at radius 1 is 0.379 bits per heavy atom. The smallest absolute Gasteiger partial charge is 0.657 e. The number of nitrogens with zero attached hydrogens (tertiary/aromatic N) is 11. The molecule has 747 valence electrons. The quantitative estimate of drug-likeness (QED) is 0.0522. The number of carbonyl (C=O) groups is 2. The van der Waals surface area contributed by atoms with Gasteiger partial charge in [-0.05, 0) is 163 Å². The number of benzene rings is 7. The molecule has 0 atom stereocenters. The van der Waals surface area contributed by atoms with Gasteiger partial charge in [0, 0.05) is 127 Å². The van der Waals surface area contributed by atoms with Crippen LogP contribution in [0.5, 0.6) is 0 Å². The molecule has 13 heterocycles. The Morgan fingerprint density at radius 3 is 1.09 bits per heavy atom. The zero-order chi connectivity index (χ0) is 99.2. The first-order valence-electron chi connectivity index (χ1n) is 46.9. The van der Waals surface area contributed by atoms with Crippen molar-refractivity contribution < 1.29 is 130 Å². The zero-order valence-electron chi connectivity index (χ0n) is 82.8. The number of aliphatic hydroxyl groups is 1. The van der Waals surface area contributed by atoms with Crippen molar-refractivity contribution >= 4 is 68.3 Å². The second kappa shape index (κ2) is 61.5. The average molecular weight is 2830 g/mol. The van der Waals surface area contributed by atoms with E-state index in [1.165, 1.54) is 114 Å². The van der Waals surface area contributed by atoms with Crippen LogP contribution in [0.25, 0.3) is 112 Å². The molecule has 0 aliphatic carbocycles. The first-order valence-corrected chi connectivity index (χ1v) is 47.7. The number of rotatable bonds is 16. The van der Waals surface area contributed by atoms with Crippen LogP contribution in [0.15, 0.2) is 310 Å². The Bertz CT molecular complexity index is 7040. The molecule has 15 nitrogen and oxygen atoms in total. The van der Waals surface area contributed by atoms with Gasteiger partial charge in [-0.3, -0.25) is 13.6 Å². The van der Waals surface area contributed by atoms with Crippen LogP contribution in [0.4, 0.5) is 8.78 Å². The van der Waals surface area contributed by atoms with Crippen molar-refractivity contribution in [1.82, 2.24) is 54.8 Å². The first kappa shape index (κ1) is 119. The molecule has 8 bridgehead atoms. The Hall–Kier alpha value is -12.8.